The van der Waals surface area contributed by atoms with Gasteiger partial charge in [-0.2, -0.15) is 0 Å². The molecule has 0 spiro atoms. The van der Waals surface area contributed by atoms with Gasteiger partial charge in [0.2, 0.25) is 0 Å². The molecule has 0 amide bonds. The third-order valence-corrected chi connectivity index (χ3v) is 7.08. The van der Waals surface area contributed by atoms with Crippen molar-refractivity contribution in [1.82, 2.24) is 0 Å². The quantitative estimate of drug-likeness (QED) is 0.274. The van der Waals surface area contributed by atoms with E-state index in [2.05, 4.69) is 0 Å². The highest BCUT2D eigenvalue weighted by Gasteiger charge is 2.30. The first-order valence-corrected chi connectivity index (χ1v) is 13.1. The van der Waals surface area contributed by atoms with Crippen LogP contribution in [-0.4, -0.2) is 18.2 Å². The van der Waals surface area contributed by atoms with Crippen LogP contribution in [0.1, 0.15) is 75.2 Å². The number of methoxy groups -OCH3 is 1. The fourth-order valence-electron chi connectivity index (χ4n) is 4.79. The van der Waals surface area contributed by atoms with Crippen molar-refractivity contribution in [3.63, 3.8) is 0 Å². The average molecular weight is 523 g/mol. The minimum atomic E-state index is -1.34. The molecule has 1 aliphatic carbocycles. The van der Waals surface area contributed by atoms with Gasteiger partial charge >= 0.3 is 5.97 Å². The van der Waals surface area contributed by atoms with E-state index in [9.17, 15) is 14.3 Å². The molecule has 0 radical (unpaired) electrons. The predicted octanol–water partition coefficient (Wildman–Crippen LogP) is 8.50. The normalized spacial score (nSPS) is 15.1. The van der Waals surface area contributed by atoms with Crippen LogP contribution in [0.5, 0.6) is 11.5 Å². The summed E-state index contributed by atoms with van der Waals surface area (Å²) in [6.45, 7) is 5.63. The van der Waals surface area contributed by atoms with Crippen molar-refractivity contribution in [3.05, 3.63) is 83.2 Å². The SMILES string of the molecule is COc1ccc(F)c(-c2ccc(COc3cccc([C@H](CC(=O)O)CC4CC4)c3)cc2C(F)C(C)(C)C)c1. The zero-order valence-corrected chi connectivity index (χ0v) is 22.5. The lowest BCUT2D eigenvalue weighted by Crippen LogP contribution is -2.15. The standard InChI is InChI=1S/C32H36F2O4/c1-32(2,3)31(34)28-15-21(10-12-26(28)27-18-24(37-4)11-13-29(27)33)19-38-25-7-5-6-22(16-25)23(17-30(35)36)14-20-8-9-20/h5-7,10-13,15-16,18,20,23,31H,8-9,14,17,19H2,1-4H3,(H,35,36)/t23-,31?/m0/s1. The second kappa shape index (κ2) is 11.5. The number of carbonyl (C=O) groups is 1. The van der Waals surface area contributed by atoms with Crippen molar-refractivity contribution in [1.29, 1.82) is 0 Å². The van der Waals surface area contributed by atoms with E-state index in [1.165, 1.54) is 19.2 Å². The van der Waals surface area contributed by atoms with Crippen molar-refractivity contribution in [2.75, 3.05) is 7.11 Å². The maximum atomic E-state index is 15.8. The van der Waals surface area contributed by atoms with Gasteiger partial charge in [0.25, 0.3) is 0 Å². The number of ether oxygens (including phenoxy) is 2. The van der Waals surface area contributed by atoms with Gasteiger partial charge < -0.3 is 14.6 Å². The summed E-state index contributed by atoms with van der Waals surface area (Å²) < 4.78 is 41.9. The molecule has 3 aromatic carbocycles. The van der Waals surface area contributed by atoms with E-state index < -0.39 is 23.4 Å². The molecular weight excluding hydrogens is 486 g/mol. The predicted molar refractivity (Wildman–Crippen MR) is 145 cm³/mol. The largest absolute Gasteiger partial charge is 0.497 e. The molecule has 38 heavy (non-hydrogen) atoms. The molecule has 6 heteroatoms. The number of alkyl halides is 1. The Kier molecular flexibility index (Phi) is 8.39. The van der Waals surface area contributed by atoms with Gasteiger partial charge in [-0.3, -0.25) is 4.79 Å². The van der Waals surface area contributed by atoms with E-state index >= 15 is 4.39 Å². The molecule has 3 aromatic rings. The summed E-state index contributed by atoms with van der Waals surface area (Å²) >= 11 is 0. The Morgan fingerprint density at radius 2 is 1.79 bits per heavy atom. The molecular formula is C32H36F2O4. The van der Waals surface area contributed by atoms with E-state index in [1.807, 2.05) is 51.1 Å². The van der Waals surface area contributed by atoms with E-state index in [4.69, 9.17) is 9.47 Å². The molecule has 0 bridgehead atoms. The van der Waals surface area contributed by atoms with Gasteiger partial charge in [0, 0.05) is 5.56 Å². The first kappa shape index (κ1) is 27.6. The number of aliphatic carboxylic acids is 1. The molecule has 2 atom stereocenters. The molecule has 4 nitrogen and oxygen atoms in total. The first-order valence-electron chi connectivity index (χ1n) is 13.1. The zero-order chi connectivity index (χ0) is 27.4. The fraction of sp³-hybridized carbons (Fsp3) is 0.406. The molecule has 0 heterocycles. The zero-order valence-electron chi connectivity index (χ0n) is 22.5. The van der Waals surface area contributed by atoms with E-state index in [1.54, 1.807) is 18.2 Å². The molecule has 1 N–H and O–H groups in total. The second-order valence-electron chi connectivity index (χ2n) is 11.3. The number of hydrogen-bond donors (Lipinski definition) is 1. The third-order valence-electron chi connectivity index (χ3n) is 7.08. The van der Waals surface area contributed by atoms with E-state index in [0.29, 0.717) is 28.5 Å². The summed E-state index contributed by atoms with van der Waals surface area (Å²) in [5, 5.41) is 9.39. The van der Waals surface area contributed by atoms with Crippen LogP contribution < -0.4 is 9.47 Å². The van der Waals surface area contributed by atoms with Gasteiger partial charge in [-0.1, -0.05) is 57.9 Å². The lowest BCUT2D eigenvalue weighted by atomic mass is 9.82. The number of halogens is 2. The third kappa shape index (κ3) is 6.91. The highest BCUT2D eigenvalue weighted by Crippen LogP contribution is 2.43. The first-order chi connectivity index (χ1) is 18.0. The minimum absolute atomic E-state index is 0.0497. The highest BCUT2D eigenvalue weighted by atomic mass is 19.1. The topological polar surface area (TPSA) is 55.8 Å². The van der Waals surface area contributed by atoms with Crippen molar-refractivity contribution in [2.24, 2.45) is 11.3 Å². The van der Waals surface area contributed by atoms with Crippen LogP contribution in [0.4, 0.5) is 8.78 Å². The highest BCUT2D eigenvalue weighted by molar-refractivity contribution is 5.70. The summed E-state index contributed by atoms with van der Waals surface area (Å²) in [7, 11) is 1.51. The lowest BCUT2D eigenvalue weighted by Gasteiger charge is -2.27. The Morgan fingerprint density at radius 3 is 2.45 bits per heavy atom. The Hall–Kier alpha value is -3.41. The van der Waals surface area contributed by atoms with Crippen LogP contribution in [0.2, 0.25) is 0 Å². The maximum Gasteiger partial charge on any atom is 0.303 e. The van der Waals surface area contributed by atoms with Crippen molar-refractivity contribution < 1.29 is 28.2 Å². The van der Waals surface area contributed by atoms with Gasteiger partial charge in [-0.15, -0.1) is 0 Å². The molecule has 0 saturated heterocycles. The molecule has 0 aromatic heterocycles. The van der Waals surface area contributed by atoms with Crippen LogP contribution in [0.25, 0.3) is 11.1 Å². The number of hydrogen-bond acceptors (Lipinski definition) is 3. The molecule has 0 aliphatic heterocycles. The summed E-state index contributed by atoms with van der Waals surface area (Å²) in [6, 6.07) is 17.3. The van der Waals surface area contributed by atoms with Gasteiger partial charge in [0.1, 0.15) is 30.1 Å². The smallest absolute Gasteiger partial charge is 0.303 e. The Labute approximate surface area is 223 Å². The van der Waals surface area contributed by atoms with Gasteiger partial charge in [-0.25, -0.2) is 8.78 Å². The number of carboxylic acids is 1. The van der Waals surface area contributed by atoms with E-state index in [-0.39, 0.29) is 24.5 Å². The second-order valence-corrected chi connectivity index (χ2v) is 11.3. The Balaban J connectivity index is 1.60. The van der Waals surface area contributed by atoms with Crippen LogP contribution in [0.3, 0.4) is 0 Å². The van der Waals surface area contributed by atoms with E-state index in [0.717, 1.165) is 30.4 Å². The molecule has 1 aliphatic rings. The lowest BCUT2D eigenvalue weighted by molar-refractivity contribution is -0.137. The van der Waals surface area contributed by atoms with Crippen LogP contribution in [-0.2, 0) is 11.4 Å². The Bertz CT molecular complexity index is 1280. The number of benzene rings is 3. The summed E-state index contributed by atoms with van der Waals surface area (Å²) in [6.07, 6.45) is 1.94. The summed E-state index contributed by atoms with van der Waals surface area (Å²) in [4.78, 5) is 11.4. The van der Waals surface area contributed by atoms with Crippen LogP contribution >= 0.6 is 0 Å². The number of rotatable bonds is 11. The fourth-order valence-corrected chi connectivity index (χ4v) is 4.79. The van der Waals surface area contributed by atoms with Gasteiger partial charge in [-0.05, 0) is 82.3 Å². The molecule has 1 unspecified atom stereocenters. The van der Waals surface area contributed by atoms with Gasteiger partial charge in [0.15, 0.2) is 0 Å². The minimum Gasteiger partial charge on any atom is -0.497 e. The van der Waals surface area contributed by atoms with Crippen LogP contribution in [0.15, 0.2) is 60.7 Å². The molecule has 202 valence electrons. The van der Waals surface area contributed by atoms with Crippen molar-refractivity contribution >= 4 is 5.97 Å². The number of carboxylic acid groups (broad SMARTS) is 1. The van der Waals surface area contributed by atoms with Crippen LogP contribution in [0, 0.1) is 17.2 Å². The molecule has 1 saturated carbocycles. The maximum absolute atomic E-state index is 15.8. The monoisotopic (exact) mass is 522 g/mol. The summed E-state index contributed by atoms with van der Waals surface area (Å²) in [5.41, 5.74) is 2.17. The summed E-state index contributed by atoms with van der Waals surface area (Å²) in [5.74, 6) is 0.426. The van der Waals surface area contributed by atoms with Crippen molar-refractivity contribution in [2.45, 2.75) is 65.2 Å². The average Bonchev–Trinajstić information content (AvgIpc) is 3.70. The molecule has 4 rings (SSSR count). The Morgan fingerprint density at radius 1 is 1.03 bits per heavy atom. The molecule has 1 fully saturated rings. The van der Waals surface area contributed by atoms with Gasteiger partial charge in [0.05, 0.1) is 13.5 Å². The van der Waals surface area contributed by atoms with Crippen molar-refractivity contribution in [3.8, 4) is 22.6 Å².